The standard InChI is InChI=1S/C9H12O2S/c1-6(2)12-9-5-7(10)3-4-8(9)11/h3-6,10-11H,1-2H3. The van der Waals surface area contributed by atoms with E-state index < -0.39 is 0 Å². The minimum atomic E-state index is 0.191. The summed E-state index contributed by atoms with van der Waals surface area (Å²) in [7, 11) is 0. The highest BCUT2D eigenvalue weighted by atomic mass is 32.2. The molecule has 0 radical (unpaired) electrons. The Hall–Kier alpha value is -0.830. The van der Waals surface area contributed by atoms with Crippen molar-refractivity contribution >= 4 is 11.8 Å². The molecule has 0 atom stereocenters. The molecule has 1 aromatic carbocycles. The molecule has 1 aromatic rings. The highest BCUT2D eigenvalue weighted by Gasteiger charge is 2.04. The minimum absolute atomic E-state index is 0.191. The van der Waals surface area contributed by atoms with Gasteiger partial charge in [0, 0.05) is 5.25 Å². The van der Waals surface area contributed by atoms with Gasteiger partial charge in [-0.1, -0.05) is 13.8 Å². The summed E-state index contributed by atoms with van der Waals surface area (Å²) in [6.45, 7) is 4.07. The van der Waals surface area contributed by atoms with Crippen molar-refractivity contribution in [2.75, 3.05) is 0 Å². The van der Waals surface area contributed by atoms with Crippen LogP contribution in [0.3, 0.4) is 0 Å². The van der Waals surface area contributed by atoms with Crippen LogP contribution in [0.15, 0.2) is 23.1 Å². The Morgan fingerprint density at radius 2 is 1.92 bits per heavy atom. The average molecular weight is 184 g/mol. The number of aromatic hydroxyl groups is 2. The molecule has 0 unspecified atom stereocenters. The van der Waals surface area contributed by atoms with Crippen molar-refractivity contribution in [2.45, 2.75) is 24.0 Å². The lowest BCUT2D eigenvalue weighted by atomic mass is 10.3. The molecule has 3 heteroatoms. The molecule has 0 aliphatic rings. The number of thioether (sulfide) groups is 1. The number of hydrogen-bond donors (Lipinski definition) is 2. The lowest BCUT2D eigenvalue weighted by Crippen LogP contribution is -1.85. The second kappa shape index (κ2) is 3.72. The van der Waals surface area contributed by atoms with Gasteiger partial charge >= 0.3 is 0 Å². The maximum absolute atomic E-state index is 9.35. The molecule has 0 spiro atoms. The van der Waals surface area contributed by atoms with Crippen molar-refractivity contribution in [3.05, 3.63) is 18.2 Å². The minimum Gasteiger partial charge on any atom is -0.508 e. The first-order chi connectivity index (χ1) is 5.59. The van der Waals surface area contributed by atoms with Gasteiger partial charge in [0.05, 0.1) is 4.90 Å². The zero-order valence-corrected chi connectivity index (χ0v) is 7.93. The molecule has 66 valence electrons. The first kappa shape index (κ1) is 9.26. The van der Waals surface area contributed by atoms with Crippen LogP contribution >= 0.6 is 11.8 Å². The van der Waals surface area contributed by atoms with Crippen LogP contribution in [-0.4, -0.2) is 15.5 Å². The summed E-state index contributed by atoms with van der Waals surface area (Å²) < 4.78 is 0. The third kappa shape index (κ3) is 2.34. The van der Waals surface area contributed by atoms with Crippen molar-refractivity contribution in [2.24, 2.45) is 0 Å². The predicted molar refractivity (Wildman–Crippen MR) is 50.8 cm³/mol. The molecule has 2 N–H and O–H groups in total. The van der Waals surface area contributed by atoms with Gasteiger partial charge in [0.25, 0.3) is 0 Å². The Bertz CT molecular complexity index is 271. The van der Waals surface area contributed by atoms with Crippen LogP contribution in [0.4, 0.5) is 0 Å². The molecule has 2 nitrogen and oxygen atoms in total. The Balaban J connectivity index is 2.90. The van der Waals surface area contributed by atoms with Crippen LogP contribution in [-0.2, 0) is 0 Å². The molecule has 12 heavy (non-hydrogen) atoms. The number of hydrogen-bond acceptors (Lipinski definition) is 3. The van der Waals surface area contributed by atoms with Crippen LogP contribution in [0, 0.1) is 0 Å². The summed E-state index contributed by atoms with van der Waals surface area (Å²) in [6.07, 6.45) is 0. The molecular weight excluding hydrogens is 172 g/mol. The fraction of sp³-hybridized carbons (Fsp3) is 0.333. The van der Waals surface area contributed by atoms with E-state index in [2.05, 4.69) is 0 Å². The van der Waals surface area contributed by atoms with Crippen molar-refractivity contribution < 1.29 is 10.2 Å². The van der Waals surface area contributed by atoms with Gasteiger partial charge in [-0.2, -0.15) is 0 Å². The first-order valence-electron chi connectivity index (χ1n) is 3.78. The maximum Gasteiger partial charge on any atom is 0.129 e. The lowest BCUT2D eigenvalue weighted by molar-refractivity contribution is 0.448. The van der Waals surface area contributed by atoms with Gasteiger partial charge in [-0.25, -0.2) is 0 Å². The summed E-state index contributed by atoms with van der Waals surface area (Å²) in [5, 5.41) is 18.9. The van der Waals surface area contributed by atoms with Gasteiger partial charge in [-0.3, -0.25) is 0 Å². The van der Waals surface area contributed by atoms with Gasteiger partial charge in [0.2, 0.25) is 0 Å². The Kier molecular flexibility index (Phi) is 2.87. The lowest BCUT2D eigenvalue weighted by Gasteiger charge is -2.06. The molecule has 0 aromatic heterocycles. The van der Waals surface area contributed by atoms with Crippen LogP contribution in [0.2, 0.25) is 0 Å². The summed E-state index contributed by atoms with van der Waals surface area (Å²) in [4.78, 5) is 0.727. The fourth-order valence-electron chi connectivity index (χ4n) is 0.851. The van der Waals surface area contributed by atoms with Crippen molar-refractivity contribution in [3.63, 3.8) is 0 Å². The largest absolute Gasteiger partial charge is 0.508 e. The van der Waals surface area contributed by atoms with E-state index in [4.69, 9.17) is 5.11 Å². The molecule has 0 aliphatic heterocycles. The molecule has 0 heterocycles. The van der Waals surface area contributed by atoms with Gasteiger partial charge in [-0.05, 0) is 18.2 Å². The van der Waals surface area contributed by atoms with Crippen LogP contribution in [0.25, 0.3) is 0 Å². The summed E-state index contributed by atoms with van der Waals surface area (Å²) in [6, 6.07) is 4.54. The van der Waals surface area contributed by atoms with E-state index in [0.717, 1.165) is 4.90 Å². The normalized spacial score (nSPS) is 10.6. The van der Waals surface area contributed by atoms with Gasteiger partial charge in [0.15, 0.2) is 0 Å². The Morgan fingerprint density at radius 1 is 1.25 bits per heavy atom. The third-order valence-electron chi connectivity index (χ3n) is 1.31. The van der Waals surface area contributed by atoms with Crippen LogP contribution in [0.5, 0.6) is 11.5 Å². The highest BCUT2D eigenvalue weighted by Crippen LogP contribution is 2.33. The predicted octanol–water partition coefficient (Wildman–Crippen LogP) is 2.60. The molecule has 0 fully saturated rings. The number of phenols is 2. The van der Waals surface area contributed by atoms with E-state index in [1.165, 1.54) is 23.9 Å². The van der Waals surface area contributed by atoms with Gasteiger partial charge < -0.3 is 10.2 Å². The van der Waals surface area contributed by atoms with E-state index >= 15 is 0 Å². The molecule has 1 rings (SSSR count). The van der Waals surface area contributed by atoms with Gasteiger partial charge in [-0.15, -0.1) is 11.8 Å². The van der Waals surface area contributed by atoms with E-state index in [0.29, 0.717) is 5.25 Å². The number of phenolic OH excluding ortho intramolecular Hbond substituents is 2. The number of rotatable bonds is 2. The second-order valence-corrected chi connectivity index (χ2v) is 4.44. The van der Waals surface area contributed by atoms with Crippen molar-refractivity contribution in [1.29, 1.82) is 0 Å². The Labute approximate surface area is 76.2 Å². The molecule has 0 saturated carbocycles. The molecule has 0 bridgehead atoms. The van der Waals surface area contributed by atoms with Crippen molar-refractivity contribution in [3.8, 4) is 11.5 Å². The zero-order valence-electron chi connectivity index (χ0n) is 7.11. The molecular formula is C9H12O2S. The second-order valence-electron chi connectivity index (χ2n) is 2.82. The van der Waals surface area contributed by atoms with Crippen LogP contribution < -0.4 is 0 Å². The van der Waals surface area contributed by atoms with E-state index in [1.807, 2.05) is 13.8 Å². The molecule has 0 amide bonds. The first-order valence-corrected chi connectivity index (χ1v) is 4.66. The average Bonchev–Trinajstić information content (AvgIpc) is 1.96. The zero-order chi connectivity index (χ0) is 9.14. The van der Waals surface area contributed by atoms with E-state index in [1.54, 1.807) is 6.07 Å². The molecule has 0 saturated heterocycles. The smallest absolute Gasteiger partial charge is 0.129 e. The molecule has 0 aliphatic carbocycles. The topological polar surface area (TPSA) is 40.5 Å². The maximum atomic E-state index is 9.35. The summed E-state index contributed by atoms with van der Waals surface area (Å²) in [5.41, 5.74) is 0. The quantitative estimate of drug-likeness (QED) is 0.548. The highest BCUT2D eigenvalue weighted by molar-refractivity contribution is 8.00. The fourth-order valence-corrected chi connectivity index (χ4v) is 1.74. The third-order valence-corrected chi connectivity index (χ3v) is 2.36. The monoisotopic (exact) mass is 184 g/mol. The van der Waals surface area contributed by atoms with Crippen molar-refractivity contribution in [1.82, 2.24) is 0 Å². The van der Waals surface area contributed by atoms with E-state index in [-0.39, 0.29) is 11.5 Å². The van der Waals surface area contributed by atoms with E-state index in [9.17, 15) is 5.11 Å². The van der Waals surface area contributed by atoms with Gasteiger partial charge in [0.1, 0.15) is 11.5 Å². The Morgan fingerprint density at radius 3 is 2.50 bits per heavy atom. The summed E-state index contributed by atoms with van der Waals surface area (Å²) in [5.74, 6) is 0.419. The summed E-state index contributed by atoms with van der Waals surface area (Å²) >= 11 is 1.53. The number of benzene rings is 1. The van der Waals surface area contributed by atoms with Crippen LogP contribution in [0.1, 0.15) is 13.8 Å². The SMILES string of the molecule is CC(C)Sc1cc(O)ccc1O.